The molecule has 24 heavy (non-hydrogen) atoms. The van der Waals surface area contributed by atoms with E-state index in [9.17, 15) is 0 Å². The molecule has 0 amide bonds. The van der Waals surface area contributed by atoms with E-state index in [2.05, 4.69) is 41.2 Å². The van der Waals surface area contributed by atoms with E-state index in [-0.39, 0.29) is 0 Å². The highest BCUT2D eigenvalue weighted by atomic mass is 16.3. The van der Waals surface area contributed by atoms with Crippen molar-refractivity contribution in [1.29, 1.82) is 0 Å². The van der Waals surface area contributed by atoms with Gasteiger partial charge in [-0.05, 0) is 17.5 Å². The topological polar surface area (TPSA) is 64.9 Å². The first kappa shape index (κ1) is 14.5. The first-order valence-electron chi connectivity index (χ1n) is 7.95. The molecule has 0 spiro atoms. The number of fused-ring (bicyclic) bond motifs is 1. The molecule has 0 aliphatic carbocycles. The Hall–Kier alpha value is -3.14. The fraction of sp³-hybridized carbons (Fsp3) is 0.100. The minimum atomic E-state index is 0.431. The number of anilines is 1. The number of benzene rings is 2. The molecular weight excluding hydrogens is 298 g/mol. The van der Waals surface area contributed by atoms with Crippen molar-refractivity contribution in [3.05, 3.63) is 66.5 Å². The van der Waals surface area contributed by atoms with Gasteiger partial charge in [-0.2, -0.15) is 0 Å². The van der Waals surface area contributed by atoms with Crippen LogP contribution < -0.4 is 5.73 Å². The van der Waals surface area contributed by atoms with Crippen LogP contribution in [0.15, 0.2) is 65.3 Å². The number of hydrogen-bond acceptors (Lipinski definition) is 4. The number of nitrogens with two attached hydrogens (primary N) is 1. The average molecular weight is 315 g/mol. The molecule has 2 heterocycles. The third-order valence-corrected chi connectivity index (χ3v) is 4.20. The summed E-state index contributed by atoms with van der Waals surface area (Å²) < 4.78 is 6.05. The molecule has 0 saturated heterocycles. The normalized spacial score (nSPS) is 11.0. The molecule has 0 unspecified atom stereocenters. The van der Waals surface area contributed by atoms with Crippen LogP contribution >= 0.6 is 0 Å². The van der Waals surface area contributed by atoms with E-state index in [4.69, 9.17) is 10.2 Å². The molecule has 0 aliphatic heterocycles. The molecule has 4 aromatic rings. The van der Waals surface area contributed by atoms with Crippen LogP contribution in [0.5, 0.6) is 0 Å². The van der Waals surface area contributed by atoms with Gasteiger partial charge in [0.2, 0.25) is 5.71 Å². The van der Waals surface area contributed by atoms with Crippen LogP contribution in [0.25, 0.3) is 33.6 Å². The lowest BCUT2D eigenvalue weighted by atomic mass is 9.98. The van der Waals surface area contributed by atoms with Gasteiger partial charge in [0.1, 0.15) is 17.9 Å². The van der Waals surface area contributed by atoms with Crippen molar-refractivity contribution in [3.63, 3.8) is 0 Å². The average Bonchev–Trinajstić information content (AvgIpc) is 3.03. The fourth-order valence-corrected chi connectivity index (χ4v) is 2.93. The van der Waals surface area contributed by atoms with Gasteiger partial charge in [-0.3, -0.25) is 0 Å². The second kappa shape index (κ2) is 5.81. The highest BCUT2D eigenvalue weighted by Gasteiger charge is 2.20. The lowest BCUT2D eigenvalue weighted by molar-refractivity contribution is 0.618. The smallest absolute Gasteiger partial charge is 0.232 e. The van der Waals surface area contributed by atoms with Gasteiger partial charge in [-0.25, -0.2) is 9.97 Å². The van der Waals surface area contributed by atoms with Crippen LogP contribution in [-0.2, 0) is 6.42 Å². The third kappa shape index (κ3) is 2.33. The molecule has 2 N–H and O–H groups in total. The summed E-state index contributed by atoms with van der Waals surface area (Å²) in [6.45, 7) is 2.14. The monoisotopic (exact) mass is 315 g/mol. The molecule has 4 rings (SSSR count). The summed E-state index contributed by atoms with van der Waals surface area (Å²) in [5, 5.41) is 0.764. The summed E-state index contributed by atoms with van der Waals surface area (Å²) in [5.74, 6) is 1.20. The number of aryl methyl sites for hydroxylation is 1. The highest BCUT2D eigenvalue weighted by molar-refractivity contribution is 6.05. The van der Waals surface area contributed by atoms with E-state index in [0.717, 1.165) is 34.3 Å². The van der Waals surface area contributed by atoms with Gasteiger partial charge in [0.05, 0.1) is 5.39 Å². The van der Waals surface area contributed by atoms with Gasteiger partial charge in [0.15, 0.2) is 0 Å². The number of furan rings is 1. The van der Waals surface area contributed by atoms with E-state index in [1.165, 1.54) is 11.9 Å². The molecule has 0 atom stereocenters. The van der Waals surface area contributed by atoms with Gasteiger partial charge in [0.25, 0.3) is 0 Å². The van der Waals surface area contributed by atoms with E-state index in [0.29, 0.717) is 11.5 Å². The summed E-state index contributed by atoms with van der Waals surface area (Å²) in [6.07, 6.45) is 2.43. The van der Waals surface area contributed by atoms with E-state index in [1.807, 2.05) is 30.3 Å². The second-order valence-corrected chi connectivity index (χ2v) is 5.66. The van der Waals surface area contributed by atoms with Crippen molar-refractivity contribution in [2.45, 2.75) is 13.3 Å². The zero-order valence-electron chi connectivity index (χ0n) is 13.4. The Kier molecular flexibility index (Phi) is 3.50. The maximum atomic E-state index is 6.13. The van der Waals surface area contributed by atoms with Crippen molar-refractivity contribution in [2.24, 2.45) is 0 Å². The molecule has 4 nitrogen and oxygen atoms in total. The summed E-state index contributed by atoms with van der Waals surface area (Å²) in [5.41, 5.74) is 10.9. The SMILES string of the molecule is CCc1ccc(-c2c(-c3ccccc3)oc3ncnc(N)c23)cc1. The number of rotatable bonds is 3. The van der Waals surface area contributed by atoms with E-state index < -0.39 is 0 Å². The Morgan fingerprint density at radius 1 is 0.917 bits per heavy atom. The van der Waals surface area contributed by atoms with E-state index in [1.54, 1.807) is 0 Å². The molecule has 0 radical (unpaired) electrons. The largest absolute Gasteiger partial charge is 0.437 e. The quantitative estimate of drug-likeness (QED) is 0.595. The van der Waals surface area contributed by atoms with Crippen molar-refractivity contribution in [2.75, 3.05) is 5.73 Å². The Morgan fingerprint density at radius 2 is 1.67 bits per heavy atom. The standard InChI is InChI=1S/C20H17N3O/c1-2-13-8-10-14(11-9-13)16-17-19(21)22-12-23-20(17)24-18(16)15-6-4-3-5-7-15/h3-12H,2H2,1H3,(H2,21,22,23). The minimum Gasteiger partial charge on any atom is -0.437 e. The first-order valence-corrected chi connectivity index (χ1v) is 7.95. The number of aromatic nitrogens is 2. The molecule has 118 valence electrons. The minimum absolute atomic E-state index is 0.431. The number of nitrogen functional groups attached to an aromatic ring is 1. The van der Waals surface area contributed by atoms with Crippen molar-refractivity contribution in [3.8, 4) is 22.5 Å². The van der Waals surface area contributed by atoms with Crippen molar-refractivity contribution >= 4 is 16.9 Å². The lowest BCUT2D eigenvalue weighted by Crippen LogP contribution is -1.92. The number of hydrogen-bond donors (Lipinski definition) is 1. The Labute approximate surface area is 140 Å². The molecule has 0 bridgehead atoms. The van der Waals surface area contributed by atoms with Crippen LogP contribution in [0.3, 0.4) is 0 Å². The van der Waals surface area contributed by atoms with Crippen LogP contribution in [0.2, 0.25) is 0 Å². The predicted octanol–water partition coefficient (Wildman–Crippen LogP) is 4.70. The second-order valence-electron chi connectivity index (χ2n) is 5.66. The van der Waals surface area contributed by atoms with Crippen LogP contribution in [-0.4, -0.2) is 9.97 Å². The molecular formula is C20H17N3O. The molecule has 0 aliphatic rings. The van der Waals surface area contributed by atoms with Crippen LogP contribution in [0.4, 0.5) is 5.82 Å². The van der Waals surface area contributed by atoms with Gasteiger partial charge in [-0.1, -0.05) is 61.5 Å². The number of nitrogens with zero attached hydrogens (tertiary/aromatic N) is 2. The Balaban J connectivity index is 2.03. The highest BCUT2D eigenvalue weighted by Crippen LogP contribution is 2.41. The molecule has 0 saturated carbocycles. The van der Waals surface area contributed by atoms with Crippen LogP contribution in [0, 0.1) is 0 Å². The molecule has 4 heteroatoms. The van der Waals surface area contributed by atoms with Crippen LogP contribution in [0.1, 0.15) is 12.5 Å². The van der Waals surface area contributed by atoms with Gasteiger partial charge >= 0.3 is 0 Å². The fourth-order valence-electron chi connectivity index (χ4n) is 2.93. The summed E-state index contributed by atoms with van der Waals surface area (Å²) in [4.78, 5) is 8.39. The molecule has 2 aromatic heterocycles. The lowest BCUT2D eigenvalue weighted by Gasteiger charge is -2.05. The van der Waals surface area contributed by atoms with Crippen molar-refractivity contribution < 1.29 is 4.42 Å². The summed E-state index contributed by atoms with van der Waals surface area (Å²) in [6, 6.07) is 18.4. The van der Waals surface area contributed by atoms with Crippen molar-refractivity contribution in [1.82, 2.24) is 9.97 Å². The maximum absolute atomic E-state index is 6.13. The molecule has 2 aromatic carbocycles. The third-order valence-electron chi connectivity index (χ3n) is 4.20. The Bertz CT molecular complexity index is 989. The zero-order valence-corrected chi connectivity index (χ0v) is 13.4. The zero-order chi connectivity index (χ0) is 16.5. The Morgan fingerprint density at radius 3 is 2.38 bits per heavy atom. The predicted molar refractivity (Wildman–Crippen MR) is 96.5 cm³/mol. The first-order chi connectivity index (χ1) is 11.8. The molecule has 0 fully saturated rings. The van der Waals surface area contributed by atoms with E-state index >= 15 is 0 Å². The van der Waals surface area contributed by atoms with Gasteiger partial charge in [-0.15, -0.1) is 0 Å². The summed E-state index contributed by atoms with van der Waals surface area (Å²) in [7, 11) is 0. The summed E-state index contributed by atoms with van der Waals surface area (Å²) >= 11 is 0. The maximum Gasteiger partial charge on any atom is 0.232 e. The van der Waals surface area contributed by atoms with Gasteiger partial charge < -0.3 is 10.2 Å². The van der Waals surface area contributed by atoms with Gasteiger partial charge in [0, 0.05) is 11.1 Å².